The highest BCUT2D eigenvalue weighted by Gasteiger charge is 2.28. The third kappa shape index (κ3) is 2.58. The second-order valence-corrected chi connectivity index (χ2v) is 3.21. The Morgan fingerprint density at radius 3 is 2.60 bits per heavy atom. The Kier molecular flexibility index (Phi) is 3.75. The van der Waals surface area contributed by atoms with Crippen LogP contribution < -0.4 is 5.73 Å². The third-order valence-corrected chi connectivity index (χ3v) is 1.98. The maximum absolute atomic E-state index is 10.9. The lowest BCUT2D eigenvalue weighted by Crippen LogP contribution is -2.48. The topological polar surface area (TPSA) is 52.3 Å². The van der Waals surface area contributed by atoms with E-state index in [1.807, 2.05) is 6.26 Å². The van der Waals surface area contributed by atoms with Crippen LogP contribution in [-0.2, 0) is 9.53 Å². The lowest BCUT2D eigenvalue weighted by molar-refractivity contribution is -0.145. The minimum absolute atomic E-state index is 0.359. The van der Waals surface area contributed by atoms with Crippen molar-refractivity contribution in [2.45, 2.75) is 12.5 Å². The fraction of sp³-hybridized carbons (Fsp3) is 0.833. The first-order valence-corrected chi connectivity index (χ1v) is 4.30. The normalized spacial score (nSPS) is 16.0. The summed E-state index contributed by atoms with van der Waals surface area (Å²) in [5.74, 6) is 0.224. The van der Waals surface area contributed by atoms with E-state index in [0.717, 1.165) is 0 Å². The maximum atomic E-state index is 10.9. The molecule has 0 aromatic rings. The first-order chi connectivity index (χ1) is 4.54. The van der Waals surface area contributed by atoms with E-state index in [1.165, 1.54) is 18.9 Å². The average molecular weight is 163 g/mol. The molecular weight excluding hydrogens is 150 g/mol. The van der Waals surface area contributed by atoms with Gasteiger partial charge in [0.05, 0.1) is 7.11 Å². The highest BCUT2D eigenvalue weighted by Crippen LogP contribution is 2.08. The molecule has 0 unspecified atom stereocenters. The molecule has 0 rings (SSSR count). The van der Waals surface area contributed by atoms with Gasteiger partial charge in [-0.3, -0.25) is 4.79 Å². The number of hydrogen-bond acceptors (Lipinski definition) is 4. The van der Waals surface area contributed by atoms with Gasteiger partial charge in [-0.05, 0) is 13.2 Å². The minimum atomic E-state index is -0.839. The minimum Gasteiger partial charge on any atom is -0.468 e. The largest absolute Gasteiger partial charge is 0.468 e. The number of rotatable bonds is 3. The molecule has 0 radical (unpaired) electrons. The van der Waals surface area contributed by atoms with Crippen molar-refractivity contribution in [1.82, 2.24) is 0 Å². The van der Waals surface area contributed by atoms with Gasteiger partial charge in [0.1, 0.15) is 5.54 Å². The molecule has 0 aliphatic rings. The molecule has 0 saturated heterocycles. The highest BCUT2D eigenvalue weighted by atomic mass is 32.2. The predicted molar refractivity (Wildman–Crippen MR) is 43.0 cm³/mol. The highest BCUT2D eigenvalue weighted by molar-refractivity contribution is 7.98. The van der Waals surface area contributed by atoms with E-state index in [9.17, 15) is 4.79 Å². The van der Waals surface area contributed by atoms with E-state index in [4.69, 9.17) is 5.73 Å². The van der Waals surface area contributed by atoms with E-state index in [2.05, 4.69) is 4.74 Å². The molecule has 2 N–H and O–H groups in total. The number of ether oxygens (including phenoxy) is 1. The first kappa shape index (κ1) is 9.78. The smallest absolute Gasteiger partial charge is 0.326 e. The molecule has 0 bridgehead atoms. The molecule has 0 aliphatic heterocycles. The molecule has 4 heteroatoms. The van der Waals surface area contributed by atoms with Crippen LogP contribution in [0.2, 0.25) is 0 Å². The van der Waals surface area contributed by atoms with Crippen molar-refractivity contribution < 1.29 is 9.53 Å². The molecule has 3 nitrogen and oxygen atoms in total. The molecule has 0 saturated carbocycles. The summed E-state index contributed by atoms with van der Waals surface area (Å²) in [5, 5.41) is 0. The second kappa shape index (κ2) is 3.83. The van der Waals surface area contributed by atoms with Gasteiger partial charge < -0.3 is 10.5 Å². The van der Waals surface area contributed by atoms with Crippen LogP contribution in [0.5, 0.6) is 0 Å². The van der Waals surface area contributed by atoms with Crippen molar-refractivity contribution in [2.24, 2.45) is 5.73 Å². The summed E-state index contributed by atoms with van der Waals surface area (Å²) in [5.41, 5.74) is 4.75. The van der Waals surface area contributed by atoms with Crippen LogP contribution in [0.4, 0.5) is 0 Å². The first-order valence-electron chi connectivity index (χ1n) is 2.91. The van der Waals surface area contributed by atoms with E-state index < -0.39 is 5.54 Å². The van der Waals surface area contributed by atoms with Crippen molar-refractivity contribution in [1.29, 1.82) is 0 Å². The van der Waals surface area contributed by atoms with Gasteiger partial charge >= 0.3 is 5.97 Å². The quantitative estimate of drug-likeness (QED) is 0.605. The van der Waals surface area contributed by atoms with Crippen LogP contribution >= 0.6 is 11.8 Å². The van der Waals surface area contributed by atoms with Gasteiger partial charge in [0, 0.05) is 5.75 Å². The Morgan fingerprint density at radius 2 is 2.30 bits per heavy atom. The summed E-state index contributed by atoms with van der Waals surface area (Å²) in [6, 6.07) is 0. The Labute approximate surface area is 65.3 Å². The molecule has 60 valence electrons. The van der Waals surface area contributed by atoms with Crippen molar-refractivity contribution in [3.05, 3.63) is 0 Å². The van der Waals surface area contributed by atoms with Crippen molar-refractivity contribution in [3.8, 4) is 0 Å². The Hall–Kier alpha value is -0.220. The fourth-order valence-electron chi connectivity index (χ4n) is 0.592. The molecule has 0 amide bonds. The van der Waals surface area contributed by atoms with E-state index in [1.54, 1.807) is 6.92 Å². The van der Waals surface area contributed by atoms with Crippen molar-refractivity contribution in [3.63, 3.8) is 0 Å². The van der Waals surface area contributed by atoms with Crippen LogP contribution in [0.1, 0.15) is 6.92 Å². The van der Waals surface area contributed by atoms with Crippen LogP contribution in [0, 0.1) is 0 Å². The lowest BCUT2D eigenvalue weighted by atomic mass is 10.1. The van der Waals surface area contributed by atoms with Crippen LogP contribution in [0.25, 0.3) is 0 Å². The SMILES string of the molecule is COC(=O)[C@@](C)(N)CSC. The lowest BCUT2D eigenvalue weighted by Gasteiger charge is -2.19. The Bertz CT molecular complexity index is 125. The number of methoxy groups -OCH3 is 1. The Balaban J connectivity index is 3.96. The molecule has 0 spiro atoms. The molecule has 10 heavy (non-hydrogen) atoms. The molecule has 0 aromatic carbocycles. The number of thioether (sulfide) groups is 1. The predicted octanol–water partition coefficient (Wildman–Crippen LogP) is 0.240. The molecule has 0 aliphatic carbocycles. The van der Waals surface area contributed by atoms with Gasteiger partial charge in [0.25, 0.3) is 0 Å². The monoisotopic (exact) mass is 163 g/mol. The molecular formula is C6H13NO2S. The van der Waals surface area contributed by atoms with Gasteiger partial charge in [-0.25, -0.2) is 0 Å². The van der Waals surface area contributed by atoms with Gasteiger partial charge in [-0.1, -0.05) is 0 Å². The zero-order valence-corrected chi connectivity index (χ0v) is 7.33. The summed E-state index contributed by atoms with van der Waals surface area (Å²) in [6.07, 6.45) is 1.90. The summed E-state index contributed by atoms with van der Waals surface area (Å²) < 4.78 is 4.49. The van der Waals surface area contributed by atoms with Crippen LogP contribution in [0.15, 0.2) is 0 Å². The number of hydrogen-bond donors (Lipinski definition) is 1. The van der Waals surface area contributed by atoms with Crippen LogP contribution in [0.3, 0.4) is 0 Å². The fourth-order valence-corrected chi connectivity index (χ4v) is 1.31. The zero-order valence-electron chi connectivity index (χ0n) is 6.51. The Morgan fingerprint density at radius 1 is 1.80 bits per heavy atom. The number of esters is 1. The molecule has 0 heterocycles. The van der Waals surface area contributed by atoms with Crippen LogP contribution in [-0.4, -0.2) is 30.6 Å². The molecule has 0 aromatic heterocycles. The maximum Gasteiger partial charge on any atom is 0.326 e. The van der Waals surface area contributed by atoms with E-state index >= 15 is 0 Å². The summed E-state index contributed by atoms with van der Waals surface area (Å²) in [4.78, 5) is 10.9. The summed E-state index contributed by atoms with van der Waals surface area (Å²) in [6.45, 7) is 1.66. The molecule has 1 atom stereocenters. The number of carbonyl (C=O) groups is 1. The van der Waals surface area contributed by atoms with Gasteiger partial charge in [0.2, 0.25) is 0 Å². The second-order valence-electron chi connectivity index (χ2n) is 2.34. The number of carbonyl (C=O) groups excluding carboxylic acids is 1. The summed E-state index contributed by atoms with van der Waals surface area (Å²) >= 11 is 1.53. The van der Waals surface area contributed by atoms with Gasteiger partial charge in [-0.2, -0.15) is 11.8 Å². The zero-order chi connectivity index (χ0) is 8.20. The third-order valence-electron chi connectivity index (χ3n) is 1.10. The molecule has 0 fully saturated rings. The number of nitrogens with two attached hydrogens (primary N) is 1. The van der Waals surface area contributed by atoms with E-state index in [0.29, 0.717) is 5.75 Å². The van der Waals surface area contributed by atoms with Crippen molar-refractivity contribution in [2.75, 3.05) is 19.1 Å². The van der Waals surface area contributed by atoms with Gasteiger partial charge in [0.15, 0.2) is 0 Å². The average Bonchev–Trinajstić information content (AvgIpc) is 1.86. The van der Waals surface area contributed by atoms with Gasteiger partial charge in [-0.15, -0.1) is 0 Å². The van der Waals surface area contributed by atoms with Crippen molar-refractivity contribution >= 4 is 17.7 Å². The summed E-state index contributed by atoms with van der Waals surface area (Å²) in [7, 11) is 1.34. The van der Waals surface area contributed by atoms with E-state index in [-0.39, 0.29) is 5.97 Å². The standard InChI is InChI=1S/C6H13NO2S/c1-6(7,4-10-3)5(8)9-2/h4,7H2,1-3H3/t6-/m0/s1.